The molecule has 0 spiro atoms. The van der Waals surface area contributed by atoms with E-state index in [9.17, 15) is 19.8 Å². The quantitative estimate of drug-likeness (QED) is 0.754. The van der Waals surface area contributed by atoms with Crippen molar-refractivity contribution in [3.8, 4) is 5.75 Å². The number of phenolic OH excluding ortho intramolecular Hbond substituents is 1. The van der Waals surface area contributed by atoms with E-state index in [1.54, 1.807) is 12.1 Å². The first-order chi connectivity index (χ1) is 13.2. The Labute approximate surface area is 164 Å². The standard InChI is InChI=1S/C22H26N2O4/c1-12-8-17(25)9-13(2)19(12)14(3)20(23)21(26)24-11-16-7-5-4-6-15(16)10-18(24)22(27)28/h4-9,14,18,20,25H,10-11,23H2,1-3H3,(H,27,28)/t14-,18+,20-/m1/s1. The average Bonchev–Trinajstić information content (AvgIpc) is 2.64. The minimum atomic E-state index is -1.03. The summed E-state index contributed by atoms with van der Waals surface area (Å²) in [6, 6.07) is 9.06. The van der Waals surface area contributed by atoms with Gasteiger partial charge in [0.1, 0.15) is 11.8 Å². The zero-order valence-corrected chi connectivity index (χ0v) is 16.3. The number of carboxylic acid groups (broad SMARTS) is 1. The second-order valence-electron chi connectivity index (χ2n) is 7.60. The molecular weight excluding hydrogens is 356 g/mol. The number of carboxylic acids is 1. The Hall–Kier alpha value is -2.86. The van der Waals surface area contributed by atoms with Gasteiger partial charge >= 0.3 is 5.97 Å². The molecule has 0 bridgehead atoms. The summed E-state index contributed by atoms with van der Waals surface area (Å²) in [5.41, 5.74) is 10.8. The van der Waals surface area contributed by atoms with Crippen LogP contribution >= 0.6 is 0 Å². The third-order valence-electron chi connectivity index (χ3n) is 5.67. The molecule has 1 heterocycles. The molecule has 3 rings (SSSR count). The van der Waals surface area contributed by atoms with Gasteiger partial charge in [-0.15, -0.1) is 0 Å². The molecule has 0 aromatic heterocycles. The molecule has 1 aliphatic rings. The van der Waals surface area contributed by atoms with Gasteiger partial charge < -0.3 is 20.8 Å². The number of benzene rings is 2. The number of rotatable bonds is 4. The summed E-state index contributed by atoms with van der Waals surface area (Å²) in [5, 5.41) is 19.4. The van der Waals surface area contributed by atoms with Crippen molar-refractivity contribution in [2.45, 2.75) is 51.7 Å². The predicted octanol–water partition coefficient (Wildman–Crippen LogP) is 2.48. The zero-order chi connectivity index (χ0) is 20.6. The van der Waals surface area contributed by atoms with Crippen LogP contribution in [0.15, 0.2) is 36.4 Å². The first-order valence-electron chi connectivity index (χ1n) is 9.36. The average molecular weight is 382 g/mol. The molecule has 1 amide bonds. The normalized spacial score (nSPS) is 18.3. The van der Waals surface area contributed by atoms with Gasteiger partial charge in [-0.25, -0.2) is 4.79 Å². The van der Waals surface area contributed by atoms with Crippen LogP contribution in [0.1, 0.15) is 40.7 Å². The second kappa shape index (κ2) is 7.64. The zero-order valence-electron chi connectivity index (χ0n) is 16.3. The Balaban J connectivity index is 1.90. The second-order valence-corrected chi connectivity index (χ2v) is 7.60. The molecule has 1 aliphatic heterocycles. The Morgan fingerprint density at radius 1 is 1.14 bits per heavy atom. The van der Waals surface area contributed by atoms with Gasteiger partial charge in [-0.05, 0) is 53.8 Å². The van der Waals surface area contributed by atoms with Crippen LogP contribution in [-0.4, -0.2) is 39.1 Å². The topological polar surface area (TPSA) is 104 Å². The maximum atomic E-state index is 13.2. The van der Waals surface area contributed by atoms with Gasteiger partial charge in [0.05, 0.1) is 6.04 Å². The molecule has 148 valence electrons. The van der Waals surface area contributed by atoms with E-state index in [0.29, 0.717) is 0 Å². The monoisotopic (exact) mass is 382 g/mol. The maximum Gasteiger partial charge on any atom is 0.326 e. The first-order valence-corrected chi connectivity index (χ1v) is 9.36. The summed E-state index contributed by atoms with van der Waals surface area (Å²) in [6.07, 6.45) is 0.273. The summed E-state index contributed by atoms with van der Waals surface area (Å²) in [5.74, 6) is -1.55. The minimum absolute atomic E-state index is 0.171. The lowest BCUT2D eigenvalue weighted by Gasteiger charge is -2.37. The number of phenols is 1. The number of hydrogen-bond acceptors (Lipinski definition) is 4. The molecule has 0 fully saturated rings. The molecule has 6 nitrogen and oxygen atoms in total. The van der Waals surface area contributed by atoms with Crippen molar-refractivity contribution in [2.75, 3.05) is 0 Å². The number of amides is 1. The molecule has 28 heavy (non-hydrogen) atoms. The van der Waals surface area contributed by atoms with E-state index in [0.717, 1.165) is 27.8 Å². The number of aryl methyl sites for hydroxylation is 2. The van der Waals surface area contributed by atoms with Gasteiger partial charge in [0.15, 0.2) is 0 Å². The lowest BCUT2D eigenvalue weighted by Crippen LogP contribution is -2.55. The minimum Gasteiger partial charge on any atom is -0.508 e. The molecule has 6 heteroatoms. The predicted molar refractivity (Wildman–Crippen MR) is 106 cm³/mol. The summed E-state index contributed by atoms with van der Waals surface area (Å²) in [7, 11) is 0. The lowest BCUT2D eigenvalue weighted by molar-refractivity contribution is -0.152. The number of carbonyl (C=O) groups is 2. The fraction of sp³-hybridized carbons (Fsp3) is 0.364. The van der Waals surface area contributed by atoms with E-state index < -0.39 is 18.1 Å². The third kappa shape index (κ3) is 3.60. The number of fused-ring (bicyclic) bond motifs is 1. The van der Waals surface area contributed by atoms with Crippen molar-refractivity contribution in [3.05, 3.63) is 64.2 Å². The maximum absolute atomic E-state index is 13.2. The van der Waals surface area contributed by atoms with Crippen molar-refractivity contribution in [1.29, 1.82) is 0 Å². The SMILES string of the molecule is Cc1cc(O)cc(C)c1[C@@H](C)[C@@H](N)C(=O)N1Cc2ccccc2C[C@H]1C(=O)O. The molecule has 2 aromatic rings. The van der Waals surface area contributed by atoms with E-state index in [-0.39, 0.29) is 30.5 Å². The molecular formula is C22H26N2O4. The molecule has 3 atom stereocenters. The molecule has 0 aliphatic carbocycles. The van der Waals surface area contributed by atoms with E-state index in [2.05, 4.69) is 0 Å². The number of nitrogens with zero attached hydrogens (tertiary/aromatic N) is 1. The van der Waals surface area contributed by atoms with Crippen LogP contribution in [0.5, 0.6) is 5.75 Å². The largest absolute Gasteiger partial charge is 0.508 e. The van der Waals surface area contributed by atoms with Crippen LogP contribution < -0.4 is 5.73 Å². The highest BCUT2D eigenvalue weighted by molar-refractivity contribution is 5.88. The number of carbonyl (C=O) groups excluding carboxylic acids is 1. The Kier molecular flexibility index (Phi) is 5.42. The van der Waals surface area contributed by atoms with Crippen molar-refractivity contribution >= 4 is 11.9 Å². The van der Waals surface area contributed by atoms with Crippen LogP contribution in [0.4, 0.5) is 0 Å². The van der Waals surface area contributed by atoms with Crippen molar-refractivity contribution in [3.63, 3.8) is 0 Å². The van der Waals surface area contributed by atoms with Gasteiger partial charge in [-0.2, -0.15) is 0 Å². The molecule has 4 N–H and O–H groups in total. The van der Waals surface area contributed by atoms with Gasteiger partial charge in [0.25, 0.3) is 0 Å². The molecule has 0 saturated carbocycles. The molecule has 0 saturated heterocycles. The number of nitrogens with two attached hydrogens (primary N) is 1. The van der Waals surface area contributed by atoms with Crippen molar-refractivity contribution < 1.29 is 19.8 Å². The van der Waals surface area contributed by atoms with Gasteiger partial charge in [0, 0.05) is 18.9 Å². The van der Waals surface area contributed by atoms with Crippen molar-refractivity contribution in [1.82, 2.24) is 4.90 Å². The number of aliphatic carboxylic acids is 1. The summed E-state index contributed by atoms with van der Waals surface area (Å²) < 4.78 is 0. The van der Waals surface area contributed by atoms with Gasteiger partial charge in [-0.3, -0.25) is 4.79 Å². The highest BCUT2D eigenvalue weighted by atomic mass is 16.4. The van der Waals surface area contributed by atoms with Gasteiger partial charge in [-0.1, -0.05) is 31.2 Å². The van der Waals surface area contributed by atoms with Crippen LogP contribution in [0, 0.1) is 13.8 Å². The van der Waals surface area contributed by atoms with Crippen LogP contribution in [-0.2, 0) is 22.6 Å². The van der Waals surface area contributed by atoms with Crippen LogP contribution in [0.3, 0.4) is 0 Å². The summed E-state index contributed by atoms with van der Waals surface area (Å²) >= 11 is 0. The fourth-order valence-corrected chi connectivity index (χ4v) is 4.23. The number of hydrogen-bond donors (Lipinski definition) is 3. The van der Waals surface area contributed by atoms with Crippen LogP contribution in [0.2, 0.25) is 0 Å². The Bertz CT molecular complexity index is 901. The van der Waals surface area contributed by atoms with E-state index in [1.807, 2.05) is 45.0 Å². The fourth-order valence-electron chi connectivity index (χ4n) is 4.23. The molecule has 2 aromatic carbocycles. The summed E-state index contributed by atoms with van der Waals surface area (Å²) in [6.45, 7) is 5.84. The van der Waals surface area contributed by atoms with E-state index in [4.69, 9.17) is 5.73 Å². The van der Waals surface area contributed by atoms with E-state index >= 15 is 0 Å². The van der Waals surface area contributed by atoms with Crippen LogP contribution in [0.25, 0.3) is 0 Å². The highest BCUT2D eigenvalue weighted by Gasteiger charge is 2.38. The third-order valence-corrected chi connectivity index (χ3v) is 5.67. The van der Waals surface area contributed by atoms with Gasteiger partial charge in [0.2, 0.25) is 5.91 Å². The van der Waals surface area contributed by atoms with Crippen molar-refractivity contribution in [2.24, 2.45) is 5.73 Å². The Morgan fingerprint density at radius 2 is 1.71 bits per heavy atom. The first kappa shape index (κ1) is 19.9. The molecule has 0 radical (unpaired) electrons. The Morgan fingerprint density at radius 3 is 2.29 bits per heavy atom. The highest BCUT2D eigenvalue weighted by Crippen LogP contribution is 2.31. The van der Waals surface area contributed by atoms with E-state index in [1.165, 1.54) is 4.90 Å². The lowest BCUT2D eigenvalue weighted by atomic mass is 9.85. The summed E-state index contributed by atoms with van der Waals surface area (Å²) in [4.78, 5) is 26.4. The number of aromatic hydroxyl groups is 1. The smallest absolute Gasteiger partial charge is 0.326 e. The molecule has 0 unspecified atom stereocenters.